The maximum absolute atomic E-state index is 12.8. The fourth-order valence-electron chi connectivity index (χ4n) is 3.10. The first-order valence-electron chi connectivity index (χ1n) is 9.90. The zero-order chi connectivity index (χ0) is 23.5. The van der Waals surface area contributed by atoms with Crippen LogP contribution in [0.25, 0.3) is 5.69 Å². The Balaban J connectivity index is 1.67. The highest BCUT2D eigenvalue weighted by molar-refractivity contribution is 5.72. The van der Waals surface area contributed by atoms with Gasteiger partial charge >= 0.3 is 12.1 Å². The van der Waals surface area contributed by atoms with Crippen molar-refractivity contribution in [1.29, 1.82) is 0 Å². The third kappa shape index (κ3) is 5.60. The summed E-state index contributed by atoms with van der Waals surface area (Å²) in [5.41, 5.74) is 1.46. The van der Waals surface area contributed by atoms with Gasteiger partial charge < -0.3 is 14.6 Å². The van der Waals surface area contributed by atoms with Crippen LogP contribution in [0.15, 0.2) is 54.7 Å². The van der Waals surface area contributed by atoms with Crippen molar-refractivity contribution in [3.05, 3.63) is 71.5 Å². The molecule has 2 unspecified atom stereocenters. The maximum atomic E-state index is 12.8. The molecule has 1 N–H and O–H groups in total. The number of hydrogen-bond acceptors (Lipinski definition) is 4. The first kappa shape index (κ1) is 23.2. The highest BCUT2D eigenvalue weighted by Crippen LogP contribution is 2.30. The number of halogens is 3. The molecule has 0 fully saturated rings. The van der Waals surface area contributed by atoms with E-state index in [1.165, 1.54) is 19.1 Å². The molecule has 0 aliphatic carbocycles. The number of nitrogens with zero attached hydrogens (tertiary/aromatic N) is 2. The van der Waals surface area contributed by atoms with Crippen molar-refractivity contribution < 1.29 is 32.5 Å². The summed E-state index contributed by atoms with van der Waals surface area (Å²) >= 11 is 0. The van der Waals surface area contributed by atoms with E-state index in [2.05, 4.69) is 5.10 Å². The molecular formula is C23H23F3N2O4. The number of aryl methyl sites for hydroxylation is 1. The fraction of sp³-hybridized carbons (Fsp3) is 0.304. The Kier molecular flexibility index (Phi) is 6.76. The van der Waals surface area contributed by atoms with Crippen LogP contribution in [0.4, 0.5) is 13.2 Å². The van der Waals surface area contributed by atoms with Crippen LogP contribution < -0.4 is 9.47 Å². The van der Waals surface area contributed by atoms with Crippen LogP contribution in [0.2, 0.25) is 0 Å². The molecule has 0 spiro atoms. The van der Waals surface area contributed by atoms with Crippen molar-refractivity contribution in [2.45, 2.75) is 39.0 Å². The molecule has 2 aromatic carbocycles. The zero-order valence-electron chi connectivity index (χ0n) is 17.8. The third-order valence-corrected chi connectivity index (χ3v) is 4.89. The highest BCUT2D eigenvalue weighted by Gasteiger charge is 2.30. The Morgan fingerprint density at radius 1 is 1.12 bits per heavy atom. The number of aliphatic carboxylic acids is 1. The molecule has 9 heteroatoms. The van der Waals surface area contributed by atoms with E-state index in [4.69, 9.17) is 14.6 Å². The number of carboxylic acids is 1. The van der Waals surface area contributed by atoms with E-state index < -0.39 is 23.8 Å². The van der Waals surface area contributed by atoms with Gasteiger partial charge in [-0.25, -0.2) is 9.48 Å². The van der Waals surface area contributed by atoms with Crippen LogP contribution in [0.5, 0.6) is 11.5 Å². The lowest BCUT2D eigenvalue weighted by molar-refractivity contribution is -0.144. The molecule has 0 bridgehead atoms. The normalized spacial score (nSPS) is 13.4. The molecule has 170 valence electrons. The Morgan fingerprint density at radius 3 is 2.41 bits per heavy atom. The Bertz CT molecular complexity index is 1080. The predicted octanol–water partition coefficient (Wildman–Crippen LogP) is 5.23. The van der Waals surface area contributed by atoms with Crippen molar-refractivity contribution >= 4 is 5.97 Å². The van der Waals surface area contributed by atoms with Crippen molar-refractivity contribution in [3.8, 4) is 17.2 Å². The van der Waals surface area contributed by atoms with Crippen molar-refractivity contribution in [3.63, 3.8) is 0 Å². The van der Waals surface area contributed by atoms with Gasteiger partial charge in [0.25, 0.3) is 0 Å². The van der Waals surface area contributed by atoms with Crippen LogP contribution in [0.1, 0.15) is 36.6 Å². The molecule has 0 saturated heterocycles. The molecule has 0 aliphatic rings. The minimum absolute atomic E-state index is 0.0549. The van der Waals surface area contributed by atoms with Crippen molar-refractivity contribution in [2.75, 3.05) is 6.61 Å². The lowest BCUT2D eigenvalue weighted by Gasteiger charge is -2.14. The quantitative estimate of drug-likeness (QED) is 0.511. The summed E-state index contributed by atoms with van der Waals surface area (Å²) in [6, 6.07) is 11.5. The van der Waals surface area contributed by atoms with Gasteiger partial charge in [0.05, 0.1) is 23.6 Å². The number of rotatable bonds is 8. The second kappa shape index (κ2) is 9.33. The number of carbonyl (C=O) groups is 1. The summed E-state index contributed by atoms with van der Waals surface area (Å²) in [6.07, 6.45) is -3.59. The van der Waals surface area contributed by atoms with E-state index in [1.54, 1.807) is 35.1 Å². The average Bonchev–Trinajstić information content (AvgIpc) is 3.13. The Morgan fingerprint density at radius 2 is 1.78 bits per heavy atom. The Labute approximate surface area is 183 Å². The molecule has 2 atom stereocenters. The molecule has 32 heavy (non-hydrogen) atoms. The van der Waals surface area contributed by atoms with Gasteiger partial charge in [0.15, 0.2) is 6.10 Å². The number of benzene rings is 2. The SMILES string of the molecule is Cc1nn(-c2ccc(C(F)(F)F)cc2)cc1C(C)COc1cccc(OC(C)C(=O)O)c1. The number of carboxylic acid groups (broad SMARTS) is 1. The lowest BCUT2D eigenvalue weighted by atomic mass is 10.0. The first-order chi connectivity index (χ1) is 15.0. The third-order valence-electron chi connectivity index (χ3n) is 4.89. The summed E-state index contributed by atoms with van der Waals surface area (Å²) in [5, 5.41) is 13.4. The van der Waals surface area contributed by atoms with Gasteiger partial charge in [0, 0.05) is 18.2 Å². The standard InChI is InChI=1S/C23H23F3N2O4/c1-14(13-31-19-5-4-6-20(11-19)32-16(3)22(29)30)21-12-28(27-15(21)2)18-9-7-17(8-10-18)23(24,25)26/h4-12,14,16H,13H2,1-3H3,(H,29,30). The van der Waals surface area contributed by atoms with Gasteiger partial charge in [0.1, 0.15) is 11.5 Å². The second-order valence-corrected chi connectivity index (χ2v) is 7.44. The minimum atomic E-state index is -4.39. The van der Waals surface area contributed by atoms with Crippen LogP contribution in [0, 0.1) is 6.92 Å². The average molecular weight is 448 g/mol. The number of ether oxygens (including phenoxy) is 2. The van der Waals surface area contributed by atoms with Gasteiger partial charge in [0.2, 0.25) is 0 Å². The van der Waals surface area contributed by atoms with E-state index >= 15 is 0 Å². The fourth-order valence-corrected chi connectivity index (χ4v) is 3.10. The number of aromatic nitrogens is 2. The number of alkyl halides is 3. The summed E-state index contributed by atoms with van der Waals surface area (Å²) in [6.45, 7) is 5.54. The molecule has 3 rings (SSSR count). The Hall–Kier alpha value is -3.49. The highest BCUT2D eigenvalue weighted by atomic mass is 19.4. The molecule has 1 heterocycles. The van der Waals surface area contributed by atoms with Gasteiger partial charge in [-0.15, -0.1) is 0 Å². The van der Waals surface area contributed by atoms with Crippen molar-refractivity contribution in [1.82, 2.24) is 9.78 Å². The van der Waals surface area contributed by atoms with E-state index in [0.29, 0.717) is 23.8 Å². The van der Waals surface area contributed by atoms with Crippen LogP contribution >= 0.6 is 0 Å². The molecule has 6 nitrogen and oxygen atoms in total. The van der Waals surface area contributed by atoms with E-state index in [1.807, 2.05) is 13.8 Å². The minimum Gasteiger partial charge on any atom is -0.493 e. The monoisotopic (exact) mass is 448 g/mol. The van der Waals surface area contributed by atoms with Crippen LogP contribution in [0.3, 0.4) is 0 Å². The predicted molar refractivity (Wildman–Crippen MR) is 111 cm³/mol. The van der Waals surface area contributed by atoms with E-state index in [-0.39, 0.29) is 5.92 Å². The van der Waals surface area contributed by atoms with Gasteiger partial charge in [-0.05, 0) is 55.8 Å². The molecule has 3 aromatic rings. The van der Waals surface area contributed by atoms with Gasteiger partial charge in [-0.2, -0.15) is 18.3 Å². The largest absolute Gasteiger partial charge is 0.493 e. The summed E-state index contributed by atoms with van der Waals surface area (Å²) in [4.78, 5) is 10.9. The van der Waals surface area contributed by atoms with E-state index in [9.17, 15) is 18.0 Å². The van der Waals surface area contributed by atoms with Crippen molar-refractivity contribution in [2.24, 2.45) is 0 Å². The zero-order valence-corrected chi connectivity index (χ0v) is 17.8. The molecule has 0 saturated carbocycles. The second-order valence-electron chi connectivity index (χ2n) is 7.44. The first-order valence-corrected chi connectivity index (χ1v) is 9.90. The topological polar surface area (TPSA) is 73.6 Å². The van der Waals surface area contributed by atoms with E-state index in [0.717, 1.165) is 23.4 Å². The summed E-state index contributed by atoms with van der Waals surface area (Å²) < 4.78 is 51.0. The van der Waals surface area contributed by atoms with Gasteiger partial charge in [-0.1, -0.05) is 13.0 Å². The van der Waals surface area contributed by atoms with Crippen LogP contribution in [-0.2, 0) is 11.0 Å². The molecule has 0 amide bonds. The molecule has 0 aliphatic heterocycles. The molecular weight excluding hydrogens is 425 g/mol. The molecule has 1 aromatic heterocycles. The number of hydrogen-bond donors (Lipinski definition) is 1. The summed E-state index contributed by atoms with van der Waals surface area (Å²) in [7, 11) is 0. The smallest absolute Gasteiger partial charge is 0.416 e. The molecule has 0 radical (unpaired) electrons. The van der Waals surface area contributed by atoms with Crippen LogP contribution in [-0.4, -0.2) is 33.6 Å². The summed E-state index contributed by atoms with van der Waals surface area (Å²) in [5.74, 6) is -0.206. The lowest BCUT2D eigenvalue weighted by Crippen LogP contribution is -2.22. The van der Waals surface area contributed by atoms with Gasteiger partial charge in [-0.3, -0.25) is 0 Å². The maximum Gasteiger partial charge on any atom is 0.416 e.